The van der Waals surface area contributed by atoms with Gasteiger partial charge >= 0.3 is 6.03 Å². The summed E-state index contributed by atoms with van der Waals surface area (Å²) in [5.41, 5.74) is 0.768. The smallest absolute Gasteiger partial charge is 0.327 e. The highest BCUT2D eigenvalue weighted by molar-refractivity contribution is 8.01. The number of nitrogens with one attached hydrogen (secondary N) is 1. The molecule has 0 spiro atoms. The maximum absolute atomic E-state index is 12.1. The highest BCUT2D eigenvalue weighted by atomic mass is 35.5. The minimum atomic E-state index is -0.586. The Morgan fingerprint density at radius 1 is 1.24 bits per heavy atom. The van der Waals surface area contributed by atoms with Crippen LogP contribution in [-0.4, -0.2) is 50.9 Å². The topological polar surface area (TPSA) is 69.7 Å². The predicted molar refractivity (Wildman–Crippen MR) is 79.6 cm³/mol. The molecular formula is C12H11Cl2N3O3S. The Kier molecular flexibility index (Phi) is 3.90. The second-order valence-electron chi connectivity index (χ2n) is 4.72. The van der Waals surface area contributed by atoms with E-state index < -0.39 is 17.3 Å². The third kappa shape index (κ3) is 2.54. The fourth-order valence-electron chi connectivity index (χ4n) is 2.39. The van der Waals surface area contributed by atoms with E-state index in [1.807, 2.05) is 0 Å². The van der Waals surface area contributed by atoms with E-state index in [1.165, 1.54) is 16.8 Å². The first-order valence-corrected chi connectivity index (χ1v) is 8.10. The van der Waals surface area contributed by atoms with Crippen molar-refractivity contribution in [3.8, 4) is 0 Å². The molecule has 1 aliphatic carbocycles. The van der Waals surface area contributed by atoms with Gasteiger partial charge in [0, 0.05) is 11.5 Å². The molecule has 9 heteroatoms. The minimum Gasteiger partial charge on any atom is -0.327 e. The summed E-state index contributed by atoms with van der Waals surface area (Å²) < 4.78 is 0. The number of urea groups is 1. The maximum Gasteiger partial charge on any atom is 0.344 e. The van der Waals surface area contributed by atoms with E-state index in [0.717, 1.165) is 10.6 Å². The summed E-state index contributed by atoms with van der Waals surface area (Å²) in [6.07, 6.45) is 3.95. The number of imide groups is 1. The van der Waals surface area contributed by atoms with Gasteiger partial charge in [-0.2, -0.15) is 5.01 Å². The van der Waals surface area contributed by atoms with Gasteiger partial charge in [-0.25, -0.2) is 9.80 Å². The normalized spacial score (nSPS) is 29.7. The van der Waals surface area contributed by atoms with E-state index in [0.29, 0.717) is 11.5 Å². The highest BCUT2D eigenvalue weighted by Crippen LogP contribution is 2.39. The molecule has 0 unspecified atom stereocenters. The first kappa shape index (κ1) is 14.7. The monoisotopic (exact) mass is 347 g/mol. The lowest BCUT2D eigenvalue weighted by molar-refractivity contribution is -0.151. The van der Waals surface area contributed by atoms with Crippen molar-refractivity contribution in [3.63, 3.8) is 0 Å². The van der Waals surface area contributed by atoms with Crippen LogP contribution in [0.3, 0.4) is 0 Å². The average Bonchev–Trinajstić information content (AvgIpc) is 2.94. The second kappa shape index (κ2) is 5.55. The summed E-state index contributed by atoms with van der Waals surface area (Å²) in [4.78, 5) is 35.7. The molecule has 112 valence electrons. The number of halogens is 2. The number of allylic oxidation sites excluding steroid dienone is 3. The number of hydrazine groups is 1. The Morgan fingerprint density at radius 2 is 2.00 bits per heavy atom. The Labute approximate surface area is 135 Å². The minimum absolute atomic E-state index is 0.102. The molecule has 0 radical (unpaired) electrons. The number of hydrogen-bond donors (Lipinski definition) is 1. The molecule has 2 fully saturated rings. The average molecular weight is 348 g/mol. The van der Waals surface area contributed by atoms with E-state index in [2.05, 4.69) is 5.32 Å². The van der Waals surface area contributed by atoms with Gasteiger partial charge in [-0.1, -0.05) is 17.7 Å². The molecule has 0 aromatic rings. The molecule has 3 aliphatic rings. The predicted octanol–water partition coefficient (Wildman–Crippen LogP) is 1.41. The van der Waals surface area contributed by atoms with Crippen LogP contribution in [0.5, 0.6) is 0 Å². The number of amides is 4. The van der Waals surface area contributed by atoms with E-state index in [1.54, 1.807) is 12.2 Å². The Hall–Kier alpha value is -1.18. The molecule has 0 aromatic carbocycles. The van der Waals surface area contributed by atoms with Crippen LogP contribution in [0.15, 0.2) is 22.8 Å². The molecule has 2 heterocycles. The van der Waals surface area contributed by atoms with Gasteiger partial charge in [0.05, 0.1) is 11.1 Å². The zero-order chi connectivity index (χ0) is 15.1. The van der Waals surface area contributed by atoms with Crippen molar-refractivity contribution in [1.29, 1.82) is 0 Å². The molecule has 3 rings (SSSR count). The van der Waals surface area contributed by atoms with Crippen LogP contribution in [0.2, 0.25) is 0 Å². The largest absolute Gasteiger partial charge is 0.344 e. The molecule has 2 aliphatic heterocycles. The standard InChI is InChI=1S/C12H11Cl2N3O3S/c13-6-1-2-7(8(14)3-6)11-16(10(19)5-21-11)17-9(18)4-15-12(17)20/h1-2,8,11H,3-5H2,(H,15,20)/t8-,11-/m0/s1. The van der Waals surface area contributed by atoms with Gasteiger partial charge in [0.1, 0.15) is 11.9 Å². The van der Waals surface area contributed by atoms with Crippen LogP contribution in [0.4, 0.5) is 4.79 Å². The summed E-state index contributed by atoms with van der Waals surface area (Å²) in [5.74, 6) is -0.544. The molecule has 0 aromatic heterocycles. The van der Waals surface area contributed by atoms with Gasteiger partial charge in [0.25, 0.3) is 11.8 Å². The summed E-state index contributed by atoms with van der Waals surface area (Å²) in [7, 11) is 0. The van der Waals surface area contributed by atoms with Gasteiger partial charge in [-0.3, -0.25) is 9.59 Å². The first-order valence-electron chi connectivity index (χ1n) is 6.23. The fraction of sp³-hybridized carbons (Fsp3) is 0.417. The molecular weight excluding hydrogens is 337 g/mol. The number of thioether (sulfide) groups is 1. The Bertz CT molecular complexity index is 576. The van der Waals surface area contributed by atoms with Crippen molar-refractivity contribution in [2.45, 2.75) is 17.2 Å². The van der Waals surface area contributed by atoms with Crippen LogP contribution in [0.25, 0.3) is 0 Å². The van der Waals surface area contributed by atoms with E-state index in [9.17, 15) is 14.4 Å². The number of rotatable bonds is 2. The summed E-state index contributed by atoms with van der Waals surface area (Å²) in [6, 6.07) is -0.586. The van der Waals surface area contributed by atoms with Gasteiger partial charge in [-0.15, -0.1) is 23.4 Å². The van der Waals surface area contributed by atoms with E-state index in [4.69, 9.17) is 23.2 Å². The molecule has 2 saturated heterocycles. The molecule has 4 amide bonds. The summed E-state index contributed by atoms with van der Waals surface area (Å²) >= 11 is 13.6. The summed E-state index contributed by atoms with van der Waals surface area (Å²) in [5, 5.41) is 4.28. The first-order chi connectivity index (χ1) is 9.99. The quantitative estimate of drug-likeness (QED) is 0.605. The van der Waals surface area contributed by atoms with Crippen molar-refractivity contribution in [2.24, 2.45) is 0 Å². The van der Waals surface area contributed by atoms with Crippen molar-refractivity contribution in [3.05, 3.63) is 22.8 Å². The zero-order valence-electron chi connectivity index (χ0n) is 10.7. The van der Waals surface area contributed by atoms with Crippen LogP contribution in [0, 0.1) is 0 Å². The van der Waals surface area contributed by atoms with Crippen molar-refractivity contribution >= 4 is 52.8 Å². The third-order valence-electron chi connectivity index (χ3n) is 3.35. The number of nitrogens with zero attached hydrogens (tertiary/aromatic N) is 2. The van der Waals surface area contributed by atoms with E-state index in [-0.39, 0.29) is 23.6 Å². The number of carbonyl (C=O) groups is 3. The fourth-order valence-corrected chi connectivity index (χ4v) is 4.34. The Balaban J connectivity index is 1.93. The number of hydrogen-bond acceptors (Lipinski definition) is 4. The molecule has 0 bridgehead atoms. The lowest BCUT2D eigenvalue weighted by Gasteiger charge is -2.33. The molecule has 21 heavy (non-hydrogen) atoms. The van der Waals surface area contributed by atoms with Crippen LogP contribution >= 0.6 is 35.0 Å². The third-order valence-corrected chi connectivity index (χ3v) is 5.24. The van der Waals surface area contributed by atoms with Gasteiger partial charge in [0.15, 0.2) is 0 Å². The summed E-state index contributed by atoms with van der Waals surface area (Å²) in [6.45, 7) is -0.102. The number of alkyl halides is 1. The molecule has 1 N–H and O–H groups in total. The van der Waals surface area contributed by atoms with Crippen LogP contribution < -0.4 is 5.32 Å². The SMILES string of the molecule is O=C1CNC(=O)N1N1C(=O)CS[C@H]1C1=CC=C(Cl)C[C@@H]1Cl. The highest BCUT2D eigenvalue weighted by Gasteiger charge is 2.46. The van der Waals surface area contributed by atoms with E-state index >= 15 is 0 Å². The van der Waals surface area contributed by atoms with Crippen molar-refractivity contribution in [2.75, 3.05) is 12.3 Å². The van der Waals surface area contributed by atoms with Gasteiger partial charge in [0.2, 0.25) is 0 Å². The van der Waals surface area contributed by atoms with Crippen molar-refractivity contribution < 1.29 is 14.4 Å². The lowest BCUT2D eigenvalue weighted by Crippen LogP contribution is -2.52. The lowest BCUT2D eigenvalue weighted by atomic mass is 10.0. The number of carbonyl (C=O) groups excluding carboxylic acids is 3. The second-order valence-corrected chi connectivity index (χ2v) is 6.80. The van der Waals surface area contributed by atoms with Crippen molar-refractivity contribution in [1.82, 2.24) is 15.3 Å². The molecule has 0 saturated carbocycles. The van der Waals surface area contributed by atoms with Crippen LogP contribution in [-0.2, 0) is 9.59 Å². The zero-order valence-corrected chi connectivity index (χ0v) is 13.0. The Morgan fingerprint density at radius 3 is 2.62 bits per heavy atom. The maximum atomic E-state index is 12.1. The van der Waals surface area contributed by atoms with Gasteiger partial charge in [-0.05, 0) is 11.6 Å². The van der Waals surface area contributed by atoms with Gasteiger partial charge < -0.3 is 5.32 Å². The van der Waals surface area contributed by atoms with Crippen LogP contribution in [0.1, 0.15) is 6.42 Å². The molecule has 6 nitrogen and oxygen atoms in total. The molecule has 2 atom stereocenters.